The van der Waals surface area contributed by atoms with Crippen LogP contribution in [0.25, 0.3) is 0 Å². The molecular weight excluding hydrogens is 290 g/mol. The predicted octanol–water partition coefficient (Wildman–Crippen LogP) is 2.21. The first-order chi connectivity index (χ1) is 11.2. The number of aromatic nitrogens is 2. The van der Waals surface area contributed by atoms with Crippen molar-refractivity contribution in [2.45, 2.75) is 38.3 Å². The number of benzene rings is 1. The summed E-state index contributed by atoms with van der Waals surface area (Å²) in [4.78, 5) is 12.3. The molecule has 3 rings (SSSR count). The summed E-state index contributed by atoms with van der Waals surface area (Å²) in [6.07, 6.45) is 7.56. The van der Waals surface area contributed by atoms with E-state index in [0.29, 0.717) is 18.0 Å². The Kier molecular flexibility index (Phi) is 5.08. The van der Waals surface area contributed by atoms with Crippen LogP contribution >= 0.6 is 0 Å². The zero-order chi connectivity index (χ0) is 16.1. The number of aliphatic hydroxyl groups is 1. The van der Waals surface area contributed by atoms with Gasteiger partial charge >= 0.3 is 0 Å². The Hall–Kier alpha value is -2.14. The van der Waals surface area contributed by atoms with Crippen molar-refractivity contribution in [1.29, 1.82) is 0 Å². The lowest BCUT2D eigenvalue weighted by Gasteiger charge is -2.28. The van der Waals surface area contributed by atoms with Crippen LogP contribution in [0.2, 0.25) is 0 Å². The van der Waals surface area contributed by atoms with Crippen molar-refractivity contribution in [3.8, 4) is 0 Å². The molecule has 1 aromatic heterocycles. The molecule has 0 bridgehead atoms. The molecule has 1 fully saturated rings. The van der Waals surface area contributed by atoms with E-state index < -0.39 is 0 Å². The molecule has 1 saturated carbocycles. The Morgan fingerprint density at radius 2 is 1.96 bits per heavy atom. The normalized spacial score (nSPS) is 21.1. The third-order valence-corrected chi connectivity index (χ3v) is 4.56. The van der Waals surface area contributed by atoms with Crippen molar-refractivity contribution in [3.05, 3.63) is 53.9 Å². The van der Waals surface area contributed by atoms with Crippen molar-refractivity contribution in [3.63, 3.8) is 0 Å². The fraction of sp³-hybridized carbons (Fsp3) is 0.444. The quantitative estimate of drug-likeness (QED) is 0.889. The molecule has 2 N–H and O–H groups in total. The fourth-order valence-electron chi connectivity index (χ4n) is 3.10. The summed E-state index contributed by atoms with van der Waals surface area (Å²) in [5, 5.41) is 16.4. The van der Waals surface area contributed by atoms with Gasteiger partial charge in [-0.15, -0.1) is 0 Å². The second-order valence-corrected chi connectivity index (χ2v) is 6.27. The summed E-state index contributed by atoms with van der Waals surface area (Å²) >= 11 is 0. The standard InChI is InChI=1S/C18H23N3O2/c22-13-15-4-8-17(9-5-15)20-18(23)16-6-2-14(3-7-16)12-21-11-1-10-19-21/h1-3,6-7,10-11,15,17,22H,4-5,8-9,12-13H2,(H,20,23). The molecule has 122 valence electrons. The number of hydrogen-bond acceptors (Lipinski definition) is 3. The fourth-order valence-corrected chi connectivity index (χ4v) is 3.10. The maximum absolute atomic E-state index is 12.3. The van der Waals surface area contributed by atoms with E-state index in [1.54, 1.807) is 6.20 Å². The van der Waals surface area contributed by atoms with E-state index in [-0.39, 0.29) is 18.6 Å². The van der Waals surface area contributed by atoms with Crippen LogP contribution in [0, 0.1) is 5.92 Å². The summed E-state index contributed by atoms with van der Waals surface area (Å²) in [6, 6.07) is 9.81. The zero-order valence-corrected chi connectivity index (χ0v) is 13.2. The average Bonchev–Trinajstić information content (AvgIpc) is 3.09. The molecule has 1 aliphatic carbocycles. The Morgan fingerprint density at radius 1 is 1.22 bits per heavy atom. The molecule has 5 heteroatoms. The number of carbonyl (C=O) groups is 1. The first-order valence-electron chi connectivity index (χ1n) is 8.22. The molecule has 2 aromatic rings. The van der Waals surface area contributed by atoms with Crippen molar-refractivity contribution >= 4 is 5.91 Å². The van der Waals surface area contributed by atoms with Crippen LogP contribution in [0.5, 0.6) is 0 Å². The van der Waals surface area contributed by atoms with Gasteiger partial charge in [-0.25, -0.2) is 0 Å². The average molecular weight is 313 g/mol. The van der Waals surface area contributed by atoms with Crippen LogP contribution in [0.4, 0.5) is 0 Å². The molecule has 0 atom stereocenters. The Bertz CT molecular complexity index is 614. The maximum atomic E-state index is 12.3. The lowest BCUT2D eigenvalue weighted by Crippen LogP contribution is -2.38. The van der Waals surface area contributed by atoms with Crippen LogP contribution in [0.1, 0.15) is 41.6 Å². The lowest BCUT2D eigenvalue weighted by molar-refractivity contribution is 0.0914. The molecule has 1 aromatic carbocycles. The van der Waals surface area contributed by atoms with Gasteiger partial charge in [0.05, 0.1) is 6.54 Å². The Morgan fingerprint density at radius 3 is 2.57 bits per heavy atom. The topological polar surface area (TPSA) is 67.2 Å². The highest BCUT2D eigenvalue weighted by Gasteiger charge is 2.22. The minimum atomic E-state index is -0.0110. The van der Waals surface area contributed by atoms with Gasteiger partial charge in [-0.2, -0.15) is 5.10 Å². The van der Waals surface area contributed by atoms with Gasteiger partial charge in [0.25, 0.3) is 5.91 Å². The van der Waals surface area contributed by atoms with Gasteiger partial charge in [-0.05, 0) is 55.4 Å². The predicted molar refractivity (Wildman–Crippen MR) is 88.1 cm³/mol. The molecule has 0 unspecified atom stereocenters. The van der Waals surface area contributed by atoms with Gasteiger partial charge < -0.3 is 10.4 Å². The van der Waals surface area contributed by atoms with Gasteiger partial charge in [0, 0.05) is 30.6 Å². The number of amides is 1. The van der Waals surface area contributed by atoms with Gasteiger partial charge in [0.1, 0.15) is 0 Å². The van der Waals surface area contributed by atoms with E-state index in [4.69, 9.17) is 5.11 Å². The van der Waals surface area contributed by atoms with Crippen LogP contribution in [0.3, 0.4) is 0 Å². The third kappa shape index (κ3) is 4.20. The molecule has 0 saturated heterocycles. The number of aliphatic hydroxyl groups excluding tert-OH is 1. The van der Waals surface area contributed by atoms with Gasteiger partial charge in [-0.3, -0.25) is 9.48 Å². The van der Waals surface area contributed by atoms with Crippen LogP contribution in [0.15, 0.2) is 42.7 Å². The first kappa shape index (κ1) is 15.7. The molecule has 1 aliphatic rings. The highest BCUT2D eigenvalue weighted by molar-refractivity contribution is 5.94. The Labute approximate surface area is 136 Å². The zero-order valence-electron chi connectivity index (χ0n) is 13.2. The van der Waals surface area contributed by atoms with Gasteiger partial charge in [-0.1, -0.05) is 12.1 Å². The van der Waals surface area contributed by atoms with E-state index in [0.717, 1.165) is 31.2 Å². The van der Waals surface area contributed by atoms with Crippen molar-refractivity contribution < 1.29 is 9.90 Å². The monoisotopic (exact) mass is 313 g/mol. The highest BCUT2D eigenvalue weighted by Crippen LogP contribution is 2.23. The van der Waals surface area contributed by atoms with Gasteiger partial charge in [0.2, 0.25) is 0 Å². The van der Waals surface area contributed by atoms with E-state index in [1.807, 2.05) is 41.2 Å². The largest absolute Gasteiger partial charge is 0.396 e. The van der Waals surface area contributed by atoms with Crippen molar-refractivity contribution in [2.75, 3.05) is 6.61 Å². The molecular formula is C18H23N3O2. The Balaban J connectivity index is 1.53. The molecule has 1 amide bonds. The molecule has 0 spiro atoms. The van der Waals surface area contributed by atoms with Crippen LogP contribution in [-0.4, -0.2) is 33.4 Å². The highest BCUT2D eigenvalue weighted by atomic mass is 16.3. The maximum Gasteiger partial charge on any atom is 0.251 e. The van der Waals surface area contributed by atoms with Crippen LogP contribution < -0.4 is 5.32 Å². The lowest BCUT2D eigenvalue weighted by atomic mass is 9.86. The van der Waals surface area contributed by atoms with E-state index >= 15 is 0 Å². The smallest absolute Gasteiger partial charge is 0.251 e. The number of rotatable bonds is 5. The van der Waals surface area contributed by atoms with E-state index in [2.05, 4.69) is 10.4 Å². The van der Waals surface area contributed by atoms with E-state index in [9.17, 15) is 4.79 Å². The molecule has 0 radical (unpaired) electrons. The van der Waals surface area contributed by atoms with Gasteiger partial charge in [0.15, 0.2) is 0 Å². The summed E-state index contributed by atoms with van der Waals surface area (Å²) < 4.78 is 1.86. The molecule has 5 nitrogen and oxygen atoms in total. The minimum absolute atomic E-state index is 0.0110. The number of carbonyl (C=O) groups excluding carboxylic acids is 1. The third-order valence-electron chi connectivity index (χ3n) is 4.56. The molecule has 0 aliphatic heterocycles. The minimum Gasteiger partial charge on any atom is -0.396 e. The van der Waals surface area contributed by atoms with E-state index in [1.165, 1.54) is 0 Å². The molecule has 23 heavy (non-hydrogen) atoms. The number of nitrogens with one attached hydrogen (secondary N) is 1. The van der Waals surface area contributed by atoms with Crippen molar-refractivity contribution in [1.82, 2.24) is 15.1 Å². The summed E-state index contributed by atoms with van der Waals surface area (Å²) in [7, 11) is 0. The summed E-state index contributed by atoms with van der Waals surface area (Å²) in [5.74, 6) is 0.396. The first-order valence-corrected chi connectivity index (χ1v) is 8.22. The second kappa shape index (κ2) is 7.42. The second-order valence-electron chi connectivity index (χ2n) is 6.27. The summed E-state index contributed by atoms with van der Waals surface area (Å²) in [5.41, 5.74) is 1.81. The van der Waals surface area contributed by atoms with Crippen LogP contribution in [-0.2, 0) is 6.54 Å². The SMILES string of the molecule is O=C(NC1CCC(CO)CC1)c1ccc(Cn2cccn2)cc1. The number of hydrogen-bond donors (Lipinski definition) is 2. The van der Waals surface area contributed by atoms with Crippen molar-refractivity contribution in [2.24, 2.45) is 5.92 Å². The molecule has 1 heterocycles. The number of nitrogens with zero attached hydrogens (tertiary/aromatic N) is 2. The summed E-state index contributed by atoms with van der Waals surface area (Å²) in [6.45, 7) is 0.971.